The van der Waals surface area contributed by atoms with Crippen LogP contribution in [-0.4, -0.2) is 53.8 Å². The molecule has 0 aliphatic heterocycles. The molecule has 0 atom stereocenters. The summed E-state index contributed by atoms with van der Waals surface area (Å²) in [6, 6.07) is 3.08. The largest absolute Gasteiger partial charge is 2.00 e. The van der Waals surface area contributed by atoms with E-state index in [2.05, 4.69) is 4.98 Å². The van der Waals surface area contributed by atoms with Crippen LogP contribution in [0.25, 0.3) is 0 Å². The summed E-state index contributed by atoms with van der Waals surface area (Å²) in [7, 11) is 0. The zero-order valence-electron chi connectivity index (χ0n) is 7.32. The van der Waals surface area contributed by atoms with Crippen molar-refractivity contribution in [3.63, 3.8) is 0 Å². The van der Waals surface area contributed by atoms with Crippen LogP contribution in [0.5, 0.6) is 0 Å². The summed E-state index contributed by atoms with van der Waals surface area (Å²) >= 11 is 0. The minimum absolute atomic E-state index is 0. The van der Waals surface area contributed by atoms with Crippen LogP contribution in [0.2, 0.25) is 0 Å². The molecule has 0 saturated carbocycles. The van der Waals surface area contributed by atoms with Crippen LogP contribution >= 0.6 is 0 Å². The van der Waals surface area contributed by atoms with E-state index in [0.29, 0.717) is 0 Å². The second-order valence-electron chi connectivity index (χ2n) is 1.55. The van der Waals surface area contributed by atoms with Gasteiger partial charge in [-0.05, 0) is 12.1 Å². The Morgan fingerprint density at radius 1 is 1.70 bits per heavy atom. The van der Waals surface area contributed by atoms with Crippen molar-refractivity contribution in [1.82, 2.24) is 4.98 Å². The Hall–Kier alpha value is -0.120. The van der Waals surface area contributed by atoms with E-state index in [0.717, 1.165) is 0 Å². The predicted octanol–water partition coefficient (Wildman–Crippen LogP) is 0.624. The van der Waals surface area contributed by atoms with Gasteiger partial charge in [-0.3, -0.25) is 4.98 Å². The number of rotatable bonds is 1. The molecule has 1 aromatic rings. The van der Waals surface area contributed by atoms with Gasteiger partial charge in [0, 0.05) is 12.4 Å². The molecular formula is C6H7CaNO2. The number of aromatic carboxylic acids is 1. The molecule has 0 aliphatic rings. The summed E-state index contributed by atoms with van der Waals surface area (Å²) in [6.45, 7) is 0. The topological polar surface area (TPSA) is 50.2 Å². The van der Waals surface area contributed by atoms with E-state index < -0.39 is 5.97 Å². The number of carboxylic acid groups (broad SMARTS) is 1. The van der Waals surface area contributed by atoms with Crippen molar-refractivity contribution in [3.8, 4) is 0 Å². The standard InChI is InChI=1S/C6H5NO2.Ca.2H/c8-6(9)5-2-1-3-7-4-5;;;/h1-4H,(H,8,9);;;/q;+2;2*-1. The maximum atomic E-state index is 10.2. The van der Waals surface area contributed by atoms with E-state index in [4.69, 9.17) is 5.11 Å². The molecule has 0 radical (unpaired) electrons. The van der Waals surface area contributed by atoms with Crippen LogP contribution < -0.4 is 0 Å². The zero-order chi connectivity index (χ0) is 6.69. The molecule has 4 heteroatoms. The molecule has 0 bridgehead atoms. The molecule has 0 aliphatic carbocycles. The molecule has 0 saturated heterocycles. The maximum absolute atomic E-state index is 10.2. The second kappa shape index (κ2) is 4.66. The SMILES string of the molecule is O=C(O)c1cccnc1.[Ca+2].[H-].[H-]. The first kappa shape index (κ1) is 9.88. The van der Waals surface area contributed by atoms with Gasteiger partial charge in [0.15, 0.2) is 0 Å². The number of pyridine rings is 1. The fourth-order valence-electron chi connectivity index (χ4n) is 0.489. The normalized spacial score (nSPS) is 8.00. The van der Waals surface area contributed by atoms with E-state index in [9.17, 15) is 4.79 Å². The molecule has 0 amide bonds. The second-order valence-corrected chi connectivity index (χ2v) is 1.55. The van der Waals surface area contributed by atoms with Gasteiger partial charge in [-0.25, -0.2) is 4.79 Å². The van der Waals surface area contributed by atoms with E-state index >= 15 is 0 Å². The van der Waals surface area contributed by atoms with Gasteiger partial charge in [0.1, 0.15) is 0 Å². The summed E-state index contributed by atoms with van der Waals surface area (Å²) in [6.07, 6.45) is 2.84. The van der Waals surface area contributed by atoms with Crippen LogP contribution in [0.15, 0.2) is 24.5 Å². The van der Waals surface area contributed by atoms with Crippen LogP contribution in [0.3, 0.4) is 0 Å². The third-order valence-electron chi connectivity index (χ3n) is 0.908. The number of aromatic nitrogens is 1. The zero-order valence-corrected chi connectivity index (χ0v) is 7.53. The summed E-state index contributed by atoms with van der Waals surface area (Å²) in [5, 5.41) is 8.34. The Kier molecular flexibility index (Phi) is 4.60. The number of carbonyl (C=O) groups is 1. The Morgan fingerprint density at radius 2 is 2.40 bits per heavy atom. The molecule has 0 fully saturated rings. The van der Waals surface area contributed by atoms with E-state index in [1.54, 1.807) is 6.07 Å². The Balaban J connectivity index is -0.000000270. The fourth-order valence-corrected chi connectivity index (χ4v) is 0.489. The third kappa shape index (κ3) is 2.64. The van der Waals surface area contributed by atoms with Gasteiger partial charge in [0.25, 0.3) is 0 Å². The van der Waals surface area contributed by atoms with Gasteiger partial charge in [0.2, 0.25) is 0 Å². The molecular weight excluding hydrogens is 158 g/mol. The molecule has 3 nitrogen and oxygen atoms in total. The molecule has 1 heterocycles. The monoisotopic (exact) mass is 165 g/mol. The van der Waals surface area contributed by atoms with Crippen LogP contribution in [0.4, 0.5) is 0 Å². The summed E-state index contributed by atoms with van der Waals surface area (Å²) in [5.74, 6) is -0.942. The number of nitrogens with zero attached hydrogens (tertiary/aromatic N) is 1. The van der Waals surface area contributed by atoms with Crippen molar-refractivity contribution >= 4 is 43.7 Å². The van der Waals surface area contributed by atoms with Gasteiger partial charge < -0.3 is 7.96 Å². The molecule has 1 rings (SSSR count). The van der Waals surface area contributed by atoms with Crippen LogP contribution in [0, 0.1) is 0 Å². The fraction of sp³-hybridized carbons (Fsp3) is 0. The number of hydrogen-bond donors (Lipinski definition) is 1. The molecule has 1 aromatic heterocycles. The number of hydrogen-bond acceptors (Lipinski definition) is 2. The molecule has 10 heavy (non-hydrogen) atoms. The quantitative estimate of drug-likeness (QED) is 0.621. The molecule has 0 spiro atoms. The van der Waals surface area contributed by atoms with Crippen LogP contribution in [0.1, 0.15) is 13.2 Å². The molecule has 50 valence electrons. The Labute approximate surface area is 91.1 Å². The predicted molar refractivity (Wildman–Crippen MR) is 39.2 cm³/mol. The van der Waals surface area contributed by atoms with E-state index in [1.807, 2.05) is 0 Å². The summed E-state index contributed by atoms with van der Waals surface area (Å²) in [4.78, 5) is 13.8. The van der Waals surface area contributed by atoms with Gasteiger partial charge in [-0.15, -0.1) is 0 Å². The maximum Gasteiger partial charge on any atom is 2.00 e. The molecule has 0 aromatic carbocycles. The van der Waals surface area contributed by atoms with Gasteiger partial charge >= 0.3 is 43.7 Å². The van der Waals surface area contributed by atoms with Crippen LogP contribution in [-0.2, 0) is 0 Å². The number of carboxylic acids is 1. The minimum Gasteiger partial charge on any atom is -1.00 e. The average molecular weight is 165 g/mol. The van der Waals surface area contributed by atoms with Crippen molar-refractivity contribution in [1.29, 1.82) is 0 Å². The summed E-state index contributed by atoms with van der Waals surface area (Å²) in [5.41, 5.74) is 0.220. The first-order valence-electron chi connectivity index (χ1n) is 2.44. The summed E-state index contributed by atoms with van der Waals surface area (Å²) < 4.78 is 0. The smallest absolute Gasteiger partial charge is 1.00 e. The van der Waals surface area contributed by atoms with Gasteiger partial charge in [-0.2, -0.15) is 0 Å². The van der Waals surface area contributed by atoms with Crippen molar-refractivity contribution in [2.45, 2.75) is 0 Å². The minimum atomic E-state index is -0.942. The Bertz CT molecular complexity index is 220. The van der Waals surface area contributed by atoms with Crippen molar-refractivity contribution in [2.24, 2.45) is 0 Å². The van der Waals surface area contributed by atoms with E-state index in [-0.39, 0.29) is 46.2 Å². The van der Waals surface area contributed by atoms with Crippen molar-refractivity contribution in [2.75, 3.05) is 0 Å². The third-order valence-corrected chi connectivity index (χ3v) is 0.908. The van der Waals surface area contributed by atoms with Gasteiger partial charge in [-0.1, -0.05) is 0 Å². The van der Waals surface area contributed by atoms with Gasteiger partial charge in [0.05, 0.1) is 5.56 Å². The van der Waals surface area contributed by atoms with Crippen molar-refractivity contribution in [3.05, 3.63) is 30.1 Å². The molecule has 0 unspecified atom stereocenters. The van der Waals surface area contributed by atoms with Crippen molar-refractivity contribution < 1.29 is 12.8 Å². The first-order chi connectivity index (χ1) is 4.30. The Morgan fingerprint density at radius 3 is 2.70 bits per heavy atom. The van der Waals surface area contributed by atoms with E-state index in [1.165, 1.54) is 18.5 Å². The first-order valence-corrected chi connectivity index (χ1v) is 2.44. The average Bonchev–Trinajstić information content (AvgIpc) is 1.90. The molecule has 1 N–H and O–H groups in total.